The molecule has 0 radical (unpaired) electrons. The van der Waals surface area contributed by atoms with Gasteiger partial charge in [0.25, 0.3) is 0 Å². The Morgan fingerprint density at radius 2 is 1.96 bits per heavy atom. The Morgan fingerprint density at radius 3 is 2.69 bits per heavy atom. The molecule has 26 heavy (non-hydrogen) atoms. The highest BCUT2D eigenvalue weighted by molar-refractivity contribution is 8.00. The van der Waals surface area contributed by atoms with Gasteiger partial charge in [0.1, 0.15) is 0 Å². The Bertz CT molecular complexity index is 744. The van der Waals surface area contributed by atoms with E-state index in [4.69, 9.17) is 4.98 Å². The van der Waals surface area contributed by atoms with Crippen LogP contribution in [0.25, 0.3) is 11.0 Å². The van der Waals surface area contributed by atoms with Crippen LogP contribution in [-0.2, 0) is 11.3 Å². The van der Waals surface area contributed by atoms with E-state index in [0.29, 0.717) is 6.54 Å². The van der Waals surface area contributed by atoms with E-state index in [1.54, 1.807) is 6.92 Å². The third-order valence-corrected chi connectivity index (χ3v) is 5.17. The average Bonchev–Trinajstić information content (AvgIpc) is 2.96. The molecule has 0 spiro atoms. The number of nitrogens with zero attached hydrogens (tertiary/aromatic N) is 2. The molecule has 3 amide bonds. The van der Waals surface area contributed by atoms with Crippen molar-refractivity contribution in [2.45, 2.75) is 63.4 Å². The van der Waals surface area contributed by atoms with E-state index >= 15 is 0 Å². The standard InChI is InChI=1S/C19H28N4O2S/c1-4-6-7-10-13-23-16-12-9-8-11-15(16)21-19(23)26-14(3)17(24)22-18(25)20-5-2/h8-9,11-12,14H,4-7,10,13H2,1-3H3,(H2,20,22,24,25)/t14-/m0/s1. The van der Waals surface area contributed by atoms with Gasteiger partial charge in [-0.2, -0.15) is 0 Å². The molecule has 142 valence electrons. The second kappa shape index (κ2) is 10.2. The van der Waals surface area contributed by atoms with Crippen LogP contribution in [0.1, 0.15) is 46.5 Å². The zero-order chi connectivity index (χ0) is 18.9. The van der Waals surface area contributed by atoms with Crippen molar-refractivity contribution in [3.05, 3.63) is 24.3 Å². The lowest BCUT2D eigenvalue weighted by Gasteiger charge is -2.13. The number of aromatic nitrogens is 2. The van der Waals surface area contributed by atoms with Gasteiger partial charge in [-0.3, -0.25) is 10.1 Å². The summed E-state index contributed by atoms with van der Waals surface area (Å²) in [5.74, 6) is -0.314. The zero-order valence-corrected chi connectivity index (χ0v) is 16.6. The number of carbonyl (C=O) groups is 2. The molecule has 0 aliphatic heterocycles. The first-order valence-electron chi connectivity index (χ1n) is 9.27. The second-order valence-corrected chi connectivity index (χ2v) is 7.51. The van der Waals surface area contributed by atoms with E-state index < -0.39 is 11.3 Å². The molecule has 2 aromatic rings. The lowest BCUT2D eigenvalue weighted by atomic mass is 10.2. The second-order valence-electron chi connectivity index (χ2n) is 6.20. The maximum absolute atomic E-state index is 12.2. The Labute approximate surface area is 159 Å². The number of hydrogen-bond acceptors (Lipinski definition) is 4. The Balaban J connectivity index is 2.11. The number of nitrogens with one attached hydrogen (secondary N) is 2. The third kappa shape index (κ3) is 5.49. The summed E-state index contributed by atoms with van der Waals surface area (Å²) in [4.78, 5) is 28.5. The molecule has 2 rings (SSSR count). The fourth-order valence-electron chi connectivity index (χ4n) is 2.69. The van der Waals surface area contributed by atoms with Crippen molar-refractivity contribution in [3.63, 3.8) is 0 Å². The monoisotopic (exact) mass is 376 g/mol. The van der Waals surface area contributed by atoms with Crippen molar-refractivity contribution in [3.8, 4) is 0 Å². The maximum atomic E-state index is 12.2. The van der Waals surface area contributed by atoms with Gasteiger partial charge in [0.05, 0.1) is 16.3 Å². The molecule has 0 unspecified atom stereocenters. The van der Waals surface area contributed by atoms with Crippen LogP contribution in [-0.4, -0.2) is 33.3 Å². The number of imidazole rings is 1. The van der Waals surface area contributed by atoms with Crippen LogP contribution >= 0.6 is 11.8 Å². The van der Waals surface area contributed by atoms with Gasteiger partial charge in [-0.15, -0.1) is 0 Å². The summed E-state index contributed by atoms with van der Waals surface area (Å²) in [6.07, 6.45) is 4.69. The molecule has 0 saturated heterocycles. The lowest BCUT2D eigenvalue weighted by molar-refractivity contribution is -0.119. The minimum absolute atomic E-state index is 0.314. The number of aryl methyl sites for hydroxylation is 1. The highest BCUT2D eigenvalue weighted by atomic mass is 32.2. The predicted molar refractivity (Wildman–Crippen MR) is 106 cm³/mol. The van der Waals surface area contributed by atoms with Crippen molar-refractivity contribution in [2.75, 3.05) is 6.54 Å². The summed E-state index contributed by atoms with van der Waals surface area (Å²) in [7, 11) is 0. The number of unbranched alkanes of at least 4 members (excludes halogenated alkanes) is 3. The zero-order valence-electron chi connectivity index (χ0n) is 15.7. The van der Waals surface area contributed by atoms with E-state index in [1.807, 2.05) is 25.1 Å². The van der Waals surface area contributed by atoms with Gasteiger partial charge in [-0.05, 0) is 32.4 Å². The number of thioether (sulfide) groups is 1. The molecule has 1 aromatic carbocycles. The minimum Gasteiger partial charge on any atom is -0.338 e. The van der Waals surface area contributed by atoms with Crippen LogP contribution in [0.15, 0.2) is 29.4 Å². The van der Waals surface area contributed by atoms with Gasteiger partial charge < -0.3 is 9.88 Å². The molecule has 0 fully saturated rings. The van der Waals surface area contributed by atoms with Gasteiger partial charge in [0.2, 0.25) is 5.91 Å². The Hall–Kier alpha value is -2.02. The number of para-hydroxylation sites is 2. The summed E-state index contributed by atoms with van der Waals surface area (Å²) in [6, 6.07) is 7.56. The molecule has 1 heterocycles. The van der Waals surface area contributed by atoms with Crippen LogP contribution in [0.3, 0.4) is 0 Å². The number of hydrogen-bond donors (Lipinski definition) is 2. The number of fused-ring (bicyclic) bond motifs is 1. The molecule has 6 nitrogen and oxygen atoms in total. The number of carbonyl (C=O) groups excluding carboxylic acids is 2. The van der Waals surface area contributed by atoms with Crippen LogP contribution in [0.5, 0.6) is 0 Å². The van der Waals surface area contributed by atoms with Gasteiger partial charge in [-0.1, -0.05) is 50.1 Å². The fraction of sp³-hybridized carbons (Fsp3) is 0.526. The van der Waals surface area contributed by atoms with Gasteiger partial charge in [-0.25, -0.2) is 9.78 Å². The van der Waals surface area contributed by atoms with Crippen LogP contribution < -0.4 is 10.6 Å². The molecule has 7 heteroatoms. The molecular formula is C19H28N4O2S. The number of rotatable bonds is 9. The number of urea groups is 1. The molecule has 1 aromatic heterocycles. The average molecular weight is 377 g/mol. The van der Waals surface area contributed by atoms with Gasteiger partial charge in [0.15, 0.2) is 5.16 Å². The SMILES string of the molecule is CCCCCCn1c(S[C@@H](C)C(=O)NC(=O)NCC)nc2ccccc21. The van der Waals surface area contributed by atoms with Crippen LogP contribution in [0.4, 0.5) is 4.79 Å². The van der Waals surface area contributed by atoms with Gasteiger partial charge >= 0.3 is 6.03 Å². The van der Waals surface area contributed by atoms with Crippen LogP contribution in [0, 0.1) is 0 Å². The third-order valence-electron chi connectivity index (χ3n) is 4.08. The van der Waals surface area contributed by atoms with Crippen molar-refractivity contribution >= 4 is 34.7 Å². The summed E-state index contributed by atoms with van der Waals surface area (Å²) in [5.41, 5.74) is 2.02. The normalized spacial score (nSPS) is 12.1. The smallest absolute Gasteiger partial charge is 0.321 e. The van der Waals surface area contributed by atoms with Crippen molar-refractivity contribution in [2.24, 2.45) is 0 Å². The number of amides is 3. The quantitative estimate of drug-likeness (QED) is 0.513. The highest BCUT2D eigenvalue weighted by Crippen LogP contribution is 2.28. The molecule has 0 aliphatic rings. The predicted octanol–water partition coefficient (Wildman–Crippen LogP) is 3.94. The van der Waals surface area contributed by atoms with Crippen molar-refractivity contribution in [1.82, 2.24) is 20.2 Å². The van der Waals surface area contributed by atoms with Crippen LogP contribution in [0.2, 0.25) is 0 Å². The first kappa shape index (κ1) is 20.3. The molecule has 0 aliphatic carbocycles. The number of benzene rings is 1. The summed E-state index contributed by atoms with van der Waals surface area (Å²) in [5, 5.41) is 5.34. The van der Waals surface area contributed by atoms with Crippen molar-refractivity contribution in [1.29, 1.82) is 0 Å². The molecule has 0 saturated carbocycles. The fourth-order valence-corrected chi connectivity index (χ4v) is 3.64. The van der Waals surface area contributed by atoms with Gasteiger partial charge in [0, 0.05) is 13.1 Å². The summed E-state index contributed by atoms with van der Waals surface area (Å²) in [6.45, 7) is 7.16. The largest absolute Gasteiger partial charge is 0.338 e. The van der Waals surface area contributed by atoms with E-state index in [9.17, 15) is 9.59 Å². The first-order chi connectivity index (χ1) is 12.6. The summed E-state index contributed by atoms with van der Waals surface area (Å²) < 4.78 is 2.19. The minimum atomic E-state index is -0.460. The highest BCUT2D eigenvalue weighted by Gasteiger charge is 2.20. The summed E-state index contributed by atoms with van der Waals surface area (Å²) >= 11 is 1.39. The first-order valence-corrected chi connectivity index (χ1v) is 10.1. The Kier molecular flexibility index (Phi) is 7.97. The van der Waals surface area contributed by atoms with E-state index in [-0.39, 0.29) is 5.91 Å². The molecule has 1 atom stereocenters. The molecular weight excluding hydrogens is 348 g/mol. The lowest BCUT2D eigenvalue weighted by Crippen LogP contribution is -2.42. The Morgan fingerprint density at radius 1 is 1.19 bits per heavy atom. The van der Waals surface area contributed by atoms with E-state index in [2.05, 4.69) is 28.2 Å². The van der Waals surface area contributed by atoms with Crippen molar-refractivity contribution < 1.29 is 9.59 Å². The van der Waals surface area contributed by atoms with E-state index in [0.717, 1.165) is 29.2 Å². The number of imide groups is 1. The van der Waals surface area contributed by atoms with E-state index in [1.165, 1.54) is 31.0 Å². The molecule has 2 N–H and O–H groups in total. The maximum Gasteiger partial charge on any atom is 0.321 e. The molecule has 0 bridgehead atoms. The topological polar surface area (TPSA) is 76.0 Å².